The van der Waals surface area contributed by atoms with Gasteiger partial charge in [-0.25, -0.2) is 0 Å². The molecule has 2 nitrogen and oxygen atoms in total. The molecule has 22 heavy (non-hydrogen) atoms. The van der Waals surface area contributed by atoms with Gasteiger partial charge in [0.05, 0.1) is 9.90 Å². The third kappa shape index (κ3) is 3.38. The first-order chi connectivity index (χ1) is 10.7. The van der Waals surface area contributed by atoms with Crippen LogP contribution >= 0.6 is 22.9 Å². The molecule has 0 radical (unpaired) electrons. The van der Waals surface area contributed by atoms with Crippen molar-refractivity contribution in [2.75, 3.05) is 6.61 Å². The molecule has 0 saturated carbocycles. The van der Waals surface area contributed by atoms with Gasteiger partial charge in [-0.1, -0.05) is 54.1 Å². The van der Waals surface area contributed by atoms with Gasteiger partial charge in [-0.3, -0.25) is 4.79 Å². The van der Waals surface area contributed by atoms with Crippen molar-refractivity contribution < 1.29 is 9.53 Å². The molecule has 1 aromatic heterocycles. The van der Waals surface area contributed by atoms with Crippen molar-refractivity contribution >= 4 is 28.7 Å². The molecule has 0 atom stereocenters. The summed E-state index contributed by atoms with van der Waals surface area (Å²) in [4.78, 5) is 12.6. The number of ketones is 1. The highest BCUT2D eigenvalue weighted by Gasteiger charge is 2.10. The van der Waals surface area contributed by atoms with Crippen LogP contribution in [-0.4, -0.2) is 12.4 Å². The van der Waals surface area contributed by atoms with Gasteiger partial charge < -0.3 is 4.74 Å². The Kier molecular flexibility index (Phi) is 4.56. The zero-order chi connectivity index (χ0) is 15.4. The summed E-state index contributed by atoms with van der Waals surface area (Å²) in [5.74, 6) is 0.476. The van der Waals surface area contributed by atoms with E-state index in [2.05, 4.69) is 0 Å². The molecule has 0 aliphatic heterocycles. The van der Waals surface area contributed by atoms with E-state index in [-0.39, 0.29) is 12.4 Å². The quantitative estimate of drug-likeness (QED) is 0.592. The fourth-order valence-corrected chi connectivity index (χ4v) is 2.97. The first kappa shape index (κ1) is 14.8. The van der Waals surface area contributed by atoms with Crippen LogP contribution in [0.5, 0.6) is 5.75 Å². The normalized spacial score (nSPS) is 10.4. The van der Waals surface area contributed by atoms with Gasteiger partial charge in [0, 0.05) is 0 Å². The molecule has 110 valence electrons. The lowest BCUT2D eigenvalue weighted by Crippen LogP contribution is -2.10. The lowest BCUT2D eigenvalue weighted by molar-refractivity contribution is 0.0926. The second kappa shape index (κ2) is 6.77. The minimum absolute atomic E-state index is 0.00901. The average molecular weight is 329 g/mol. The maximum Gasteiger partial charge on any atom is 0.210 e. The molecule has 0 unspecified atom stereocenters. The Morgan fingerprint density at radius 2 is 1.82 bits per heavy atom. The number of benzene rings is 2. The zero-order valence-corrected chi connectivity index (χ0v) is 13.2. The number of carbonyl (C=O) groups excluding carboxylic acids is 1. The van der Waals surface area contributed by atoms with Crippen molar-refractivity contribution in [2.45, 2.75) is 0 Å². The molecule has 0 N–H and O–H groups in total. The van der Waals surface area contributed by atoms with Gasteiger partial charge in [-0.05, 0) is 34.7 Å². The Bertz CT molecular complexity index is 767. The molecule has 1 heterocycles. The molecule has 3 rings (SSSR count). The van der Waals surface area contributed by atoms with E-state index in [1.165, 1.54) is 11.3 Å². The molecule has 0 aliphatic rings. The van der Waals surface area contributed by atoms with Gasteiger partial charge in [0.25, 0.3) is 0 Å². The maximum absolute atomic E-state index is 11.9. The Morgan fingerprint density at radius 3 is 2.50 bits per heavy atom. The van der Waals surface area contributed by atoms with E-state index in [9.17, 15) is 4.79 Å². The van der Waals surface area contributed by atoms with Crippen LogP contribution in [0.4, 0.5) is 0 Å². The summed E-state index contributed by atoms with van der Waals surface area (Å²) in [6, 6.07) is 19.2. The predicted molar refractivity (Wildman–Crippen MR) is 91.0 cm³/mol. The molecule has 0 amide bonds. The Balaban J connectivity index is 1.72. The lowest BCUT2D eigenvalue weighted by atomic mass is 10.1. The van der Waals surface area contributed by atoms with Crippen molar-refractivity contribution in [3.63, 3.8) is 0 Å². The molecule has 4 heteroatoms. The second-order valence-corrected chi connectivity index (χ2v) is 6.06. The van der Waals surface area contributed by atoms with Crippen LogP contribution in [0, 0.1) is 0 Å². The van der Waals surface area contributed by atoms with E-state index >= 15 is 0 Å². The number of rotatable bonds is 5. The summed E-state index contributed by atoms with van der Waals surface area (Å²) in [5, 5.41) is 2.37. The molecule has 0 fully saturated rings. The summed E-state index contributed by atoms with van der Waals surface area (Å²) >= 11 is 7.66. The first-order valence-electron chi connectivity index (χ1n) is 6.78. The molecule has 0 saturated heterocycles. The van der Waals surface area contributed by atoms with Crippen molar-refractivity contribution in [1.82, 2.24) is 0 Å². The van der Waals surface area contributed by atoms with Gasteiger partial charge in [0.1, 0.15) is 5.75 Å². The van der Waals surface area contributed by atoms with Crippen LogP contribution < -0.4 is 4.74 Å². The van der Waals surface area contributed by atoms with Crippen LogP contribution in [0.15, 0.2) is 66.0 Å². The van der Waals surface area contributed by atoms with Gasteiger partial charge in [-0.2, -0.15) is 0 Å². The fraction of sp³-hybridized carbons (Fsp3) is 0.0556. The fourth-order valence-electron chi connectivity index (χ4n) is 2.08. The van der Waals surface area contributed by atoms with Crippen molar-refractivity contribution in [3.8, 4) is 16.9 Å². The summed E-state index contributed by atoms with van der Waals surface area (Å²) in [6.07, 6.45) is 0. The average Bonchev–Trinajstić information content (AvgIpc) is 3.09. The van der Waals surface area contributed by atoms with Crippen molar-refractivity contribution in [2.24, 2.45) is 0 Å². The molecule has 2 aromatic carbocycles. The summed E-state index contributed by atoms with van der Waals surface area (Å²) < 4.78 is 5.54. The summed E-state index contributed by atoms with van der Waals surface area (Å²) in [6.45, 7) is -0.00901. The third-order valence-corrected chi connectivity index (χ3v) is 4.40. The minimum Gasteiger partial charge on any atom is -0.484 e. The van der Waals surface area contributed by atoms with Gasteiger partial charge in [0.2, 0.25) is 5.78 Å². The molecule has 3 aromatic rings. The number of thiophene rings is 1. The summed E-state index contributed by atoms with van der Waals surface area (Å²) in [5.41, 5.74) is 2.10. The number of ether oxygens (including phenoxy) is 1. The van der Waals surface area contributed by atoms with Gasteiger partial charge in [0.15, 0.2) is 6.61 Å². The molecule has 0 aliphatic carbocycles. The third-order valence-electron chi connectivity index (χ3n) is 3.19. The van der Waals surface area contributed by atoms with Crippen LogP contribution in [0.25, 0.3) is 11.1 Å². The van der Waals surface area contributed by atoms with Crippen molar-refractivity contribution in [3.05, 3.63) is 75.9 Å². The Morgan fingerprint density at radius 1 is 1.00 bits per heavy atom. The van der Waals surface area contributed by atoms with Gasteiger partial charge >= 0.3 is 0 Å². The maximum atomic E-state index is 11.9. The zero-order valence-electron chi connectivity index (χ0n) is 11.7. The Hall–Kier alpha value is -2.10. The van der Waals surface area contributed by atoms with Crippen molar-refractivity contribution in [1.29, 1.82) is 0 Å². The standard InChI is InChI=1S/C18H13ClO2S/c19-15-11-14(13-5-2-1-3-6-13)8-9-17(15)21-12-16(20)18-7-4-10-22-18/h1-11H,12H2. The first-order valence-corrected chi connectivity index (χ1v) is 8.04. The van der Waals surface area contributed by atoms with E-state index in [1.54, 1.807) is 12.1 Å². The predicted octanol–water partition coefficient (Wildman–Crippen LogP) is 5.33. The van der Waals surface area contributed by atoms with E-state index in [0.717, 1.165) is 11.1 Å². The van der Waals surface area contributed by atoms with Gasteiger partial charge in [-0.15, -0.1) is 11.3 Å². The number of hydrogen-bond acceptors (Lipinski definition) is 3. The molecule has 0 bridgehead atoms. The van der Waals surface area contributed by atoms with E-state index in [0.29, 0.717) is 15.6 Å². The number of halogens is 1. The SMILES string of the molecule is O=C(COc1ccc(-c2ccccc2)cc1Cl)c1cccs1. The highest BCUT2D eigenvalue weighted by Crippen LogP contribution is 2.30. The number of hydrogen-bond donors (Lipinski definition) is 0. The van der Waals surface area contributed by atoms with E-state index < -0.39 is 0 Å². The molecular formula is C18H13ClO2S. The lowest BCUT2D eigenvalue weighted by Gasteiger charge is -2.09. The second-order valence-electron chi connectivity index (χ2n) is 4.70. The van der Waals surface area contributed by atoms with Crippen LogP contribution in [0.2, 0.25) is 5.02 Å². The molecule has 0 spiro atoms. The minimum atomic E-state index is -0.0433. The van der Waals surface area contributed by atoms with E-state index in [1.807, 2.05) is 53.9 Å². The Labute approximate surface area is 137 Å². The van der Waals surface area contributed by atoms with E-state index in [4.69, 9.17) is 16.3 Å². The highest BCUT2D eigenvalue weighted by atomic mass is 35.5. The number of Topliss-reactive ketones (excluding diaryl/α,β-unsaturated/α-hetero) is 1. The largest absolute Gasteiger partial charge is 0.484 e. The summed E-state index contributed by atoms with van der Waals surface area (Å²) in [7, 11) is 0. The highest BCUT2D eigenvalue weighted by molar-refractivity contribution is 7.12. The van der Waals surface area contributed by atoms with Crippen LogP contribution in [0.3, 0.4) is 0 Å². The monoisotopic (exact) mass is 328 g/mol. The number of carbonyl (C=O) groups is 1. The smallest absolute Gasteiger partial charge is 0.210 e. The van der Waals surface area contributed by atoms with Crippen LogP contribution in [-0.2, 0) is 0 Å². The molecular weight excluding hydrogens is 316 g/mol. The van der Waals surface area contributed by atoms with Crippen LogP contribution in [0.1, 0.15) is 9.67 Å². The topological polar surface area (TPSA) is 26.3 Å².